The summed E-state index contributed by atoms with van der Waals surface area (Å²) in [7, 11) is 1.64. The van der Waals surface area contributed by atoms with Crippen LogP contribution in [0.2, 0.25) is 0 Å². The Balaban J connectivity index is 1.64. The van der Waals surface area contributed by atoms with Crippen molar-refractivity contribution in [1.82, 2.24) is 19.8 Å². The van der Waals surface area contributed by atoms with E-state index in [1.165, 1.54) is 11.3 Å². The molecule has 7 nitrogen and oxygen atoms in total. The van der Waals surface area contributed by atoms with Crippen LogP contribution in [-0.2, 0) is 0 Å². The number of fused-ring (bicyclic) bond motifs is 1. The molecule has 4 rings (SSSR count). The zero-order valence-corrected chi connectivity index (χ0v) is 15.2. The molecule has 0 aliphatic rings. The molecule has 0 bridgehead atoms. The highest BCUT2D eigenvalue weighted by Crippen LogP contribution is 2.30. The summed E-state index contributed by atoms with van der Waals surface area (Å²) in [6.45, 7) is 2.60. The maximum Gasteiger partial charge on any atom is 0.236 e. The monoisotopic (exact) mass is 367 g/mol. The third-order valence-electron chi connectivity index (χ3n) is 3.76. The van der Waals surface area contributed by atoms with Gasteiger partial charge in [-0.2, -0.15) is 4.52 Å². The van der Waals surface area contributed by atoms with Gasteiger partial charge in [0, 0.05) is 5.56 Å². The van der Waals surface area contributed by atoms with Crippen LogP contribution in [0.15, 0.2) is 48.5 Å². The minimum atomic E-state index is 0.637. The van der Waals surface area contributed by atoms with Gasteiger partial charge < -0.3 is 14.8 Å². The lowest BCUT2D eigenvalue weighted by atomic mass is 10.2. The van der Waals surface area contributed by atoms with Crippen molar-refractivity contribution < 1.29 is 9.47 Å². The Hall–Kier alpha value is -3.13. The van der Waals surface area contributed by atoms with E-state index in [1.54, 1.807) is 11.6 Å². The molecule has 0 atom stereocenters. The predicted octanol–water partition coefficient (Wildman–Crippen LogP) is 4.00. The highest BCUT2D eigenvalue weighted by atomic mass is 32.1. The van der Waals surface area contributed by atoms with Gasteiger partial charge in [-0.15, -0.1) is 15.3 Å². The Morgan fingerprint density at radius 3 is 2.65 bits per heavy atom. The normalized spacial score (nSPS) is 10.8. The molecule has 2 aromatic heterocycles. The van der Waals surface area contributed by atoms with Crippen LogP contribution < -0.4 is 14.8 Å². The van der Waals surface area contributed by atoms with Gasteiger partial charge in [-0.1, -0.05) is 23.5 Å². The van der Waals surface area contributed by atoms with Crippen LogP contribution in [0.3, 0.4) is 0 Å². The summed E-state index contributed by atoms with van der Waals surface area (Å²) in [5.74, 6) is 2.27. The molecule has 0 saturated heterocycles. The maximum atomic E-state index is 5.48. The van der Waals surface area contributed by atoms with Gasteiger partial charge in [0.15, 0.2) is 5.82 Å². The number of hydrogen-bond acceptors (Lipinski definition) is 7. The zero-order valence-electron chi connectivity index (χ0n) is 14.3. The number of hydrogen-bond donors (Lipinski definition) is 1. The third kappa shape index (κ3) is 3.06. The summed E-state index contributed by atoms with van der Waals surface area (Å²) >= 11 is 1.42. The van der Waals surface area contributed by atoms with Crippen LogP contribution in [-0.4, -0.2) is 33.5 Å². The number of aromatic nitrogens is 4. The Bertz CT molecular complexity index is 1030. The molecule has 0 aliphatic heterocycles. The molecule has 0 aliphatic carbocycles. The topological polar surface area (TPSA) is 73.6 Å². The molecule has 0 radical (unpaired) electrons. The lowest BCUT2D eigenvalue weighted by Gasteiger charge is -2.07. The van der Waals surface area contributed by atoms with Crippen LogP contribution in [0.1, 0.15) is 6.92 Å². The van der Waals surface area contributed by atoms with E-state index in [0.29, 0.717) is 22.5 Å². The molecule has 0 spiro atoms. The lowest BCUT2D eigenvalue weighted by molar-refractivity contribution is 0.340. The lowest BCUT2D eigenvalue weighted by Crippen LogP contribution is -1.96. The van der Waals surface area contributed by atoms with Gasteiger partial charge >= 0.3 is 0 Å². The van der Waals surface area contributed by atoms with E-state index >= 15 is 0 Å². The number of ether oxygens (including phenoxy) is 2. The van der Waals surface area contributed by atoms with Gasteiger partial charge in [0.1, 0.15) is 11.5 Å². The summed E-state index contributed by atoms with van der Waals surface area (Å²) in [5.41, 5.74) is 1.78. The second kappa shape index (κ2) is 7.01. The van der Waals surface area contributed by atoms with Crippen LogP contribution in [0, 0.1) is 0 Å². The molecule has 26 heavy (non-hydrogen) atoms. The molecule has 0 amide bonds. The molecule has 132 valence electrons. The van der Waals surface area contributed by atoms with Gasteiger partial charge in [-0.3, -0.25) is 0 Å². The Labute approximate surface area is 154 Å². The quantitative estimate of drug-likeness (QED) is 0.555. The van der Waals surface area contributed by atoms with Crippen LogP contribution >= 0.6 is 11.3 Å². The fourth-order valence-corrected chi connectivity index (χ4v) is 3.33. The van der Waals surface area contributed by atoms with Gasteiger partial charge in [0.2, 0.25) is 10.1 Å². The van der Waals surface area contributed by atoms with Gasteiger partial charge in [0.25, 0.3) is 0 Å². The van der Waals surface area contributed by atoms with Gasteiger partial charge in [-0.05, 0) is 43.3 Å². The summed E-state index contributed by atoms with van der Waals surface area (Å²) in [6.07, 6.45) is 0. The third-order valence-corrected chi connectivity index (χ3v) is 4.58. The highest BCUT2D eigenvalue weighted by molar-refractivity contribution is 7.20. The largest absolute Gasteiger partial charge is 0.495 e. The van der Waals surface area contributed by atoms with Crippen molar-refractivity contribution in [3.63, 3.8) is 0 Å². The zero-order chi connectivity index (χ0) is 17.9. The van der Waals surface area contributed by atoms with E-state index in [4.69, 9.17) is 9.47 Å². The van der Waals surface area contributed by atoms with Crippen LogP contribution in [0.5, 0.6) is 11.5 Å². The molecular formula is C18H17N5O2S. The maximum absolute atomic E-state index is 5.48. The number of anilines is 2. The Morgan fingerprint density at radius 1 is 1.08 bits per heavy atom. The molecule has 1 N–H and O–H groups in total. The first kappa shape index (κ1) is 16.3. The van der Waals surface area contributed by atoms with Crippen molar-refractivity contribution in [2.24, 2.45) is 0 Å². The van der Waals surface area contributed by atoms with E-state index in [-0.39, 0.29) is 0 Å². The fourth-order valence-electron chi connectivity index (χ4n) is 2.58. The number of nitrogens with zero attached hydrogens (tertiary/aromatic N) is 4. The number of methoxy groups -OCH3 is 1. The van der Waals surface area contributed by atoms with Gasteiger partial charge in [0.05, 0.1) is 19.4 Å². The summed E-state index contributed by atoms with van der Waals surface area (Å²) in [4.78, 5) is 0.714. The smallest absolute Gasteiger partial charge is 0.236 e. The van der Waals surface area contributed by atoms with Gasteiger partial charge in [-0.25, -0.2) is 0 Å². The molecule has 2 aromatic carbocycles. The van der Waals surface area contributed by atoms with Crippen molar-refractivity contribution in [1.29, 1.82) is 0 Å². The van der Waals surface area contributed by atoms with E-state index in [0.717, 1.165) is 22.7 Å². The molecule has 0 unspecified atom stereocenters. The van der Waals surface area contributed by atoms with Crippen LogP contribution in [0.4, 0.5) is 10.8 Å². The number of para-hydroxylation sites is 2. The molecule has 2 heterocycles. The fraction of sp³-hybridized carbons (Fsp3) is 0.167. The standard InChI is InChI=1S/C18H17N5O2S/c1-3-25-13-10-8-12(9-11-13)16-20-21-18-23(16)22-17(26-18)19-14-6-4-5-7-15(14)24-2/h4-11H,3H2,1-2H3,(H,19,22). The summed E-state index contributed by atoms with van der Waals surface area (Å²) < 4.78 is 12.6. The summed E-state index contributed by atoms with van der Waals surface area (Å²) in [5, 5.41) is 17.1. The Morgan fingerprint density at radius 2 is 1.88 bits per heavy atom. The van der Waals surface area contributed by atoms with Crippen molar-refractivity contribution in [2.45, 2.75) is 6.92 Å². The average molecular weight is 367 g/mol. The van der Waals surface area contributed by atoms with E-state index < -0.39 is 0 Å². The number of benzene rings is 2. The van der Waals surface area contributed by atoms with Crippen molar-refractivity contribution >= 4 is 27.1 Å². The first-order chi connectivity index (χ1) is 12.8. The first-order valence-electron chi connectivity index (χ1n) is 8.14. The average Bonchev–Trinajstić information content (AvgIpc) is 3.23. The molecule has 4 aromatic rings. The minimum absolute atomic E-state index is 0.637. The van der Waals surface area contributed by atoms with Crippen LogP contribution in [0.25, 0.3) is 16.3 Å². The first-order valence-corrected chi connectivity index (χ1v) is 8.95. The van der Waals surface area contributed by atoms with Crippen molar-refractivity contribution in [2.75, 3.05) is 19.0 Å². The van der Waals surface area contributed by atoms with E-state index in [2.05, 4.69) is 20.6 Å². The second-order valence-electron chi connectivity index (χ2n) is 5.41. The predicted molar refractivity (Wildman–Crippen MR) is 102 cm³/mol. The molecule has 8 heteroatoms. The van der Waals surface area contributed by atoms with Crippen molar-refractivity contribution in [3.8, 4) is 22.9 Å². The number of nitrogens with one attached hydrogen (secondary N) is 1. The number of rotatable bonds is 6. The van der Waals surface area contributed by atoms with Crippen molar-refractivity contribution in [3.05, 3.63) is 48.5 Å². The second-order valence-corrected chi connectivity index (χ2v) is 6.36. The Kier molecular flexibility index (Phi) is 4.40. The highest BCUT2D eigenvalue weighted by Gasteiger charge is 2.14. The molecule has 0 saturated carbocycles. The molecular weight excluding hydrogens is 350 g/mol. The SMILES string of the molecule is CCOc1ccc(-c2nnc3sc(Nc4ccccc4OC)nn23)cc1. The van der Waals surface area contributed by atoms with E-state index in [1.807, 2.05) is 55.5 Å². The summed E-state index contributed by atoms with van der Waals surface area (Å²) in [6, 6.07) is 15.4. The van der Waals surface area contributed by atoms with E-state index in [9.17, 15) is 0 Å². The molecule has 0 fully saturated rings. The minimum Gasteiger partial charge on any atom is -0.495 e.